The van der Waals surface area contributed by atoms with E-state index >= 15 is 0 Å². The fourth-order valence-corrected chi connectivity index (χ4v) is 1.65. The van der Waals surface area contributed by atoms with Gasteiger partial charge < -0.3 is 5.11 Å². The molecular weight excluding hydrogens is 270 g/mol. The van der Waals surface area contributed by atoms with Gasteiger partial charge in [0.05, 0.1) is 6.20 Å². The maximum atomic E-state index is 10.8. The number of hydrogen-bond acceptors (Lipinski definition) is 4. The molecule has 0 saturated heterocycles. The first-order chi connectivity index (χ1) is 6.59. The maximum absolute atomic E-state index is 10.8. The normalized spacial score (nSPS) is 10.7. The van der Waals surface area contributed by atoms with Crippen LogP contribution in [0.1, 0.15) is 10.4 Å². The third-order valence-electron chi connectivity index (χ3n) is 1.68. The number of aromatic carboxylic acids is 1. The van der Waals surface area contributed by atoms with Crippen LogP contribution in [0.4, 0.5) is 0 Å². The number of carboxylic acids is 1. The Morgan fingerprint density at radius 2 is 2.36 bits per heavy atom. The molecule has 0 aliphatic rings. The van der Waals surface area contributed by atoms with Crippen molar-refractivity contribution in [1.29, 1.82) is 0 Å². The zero-order chi connectivity index (χ0) is 10.3. The van der Waals surface area contributed by atoms with Gasteiger partial charge in [0, 0.05) is 6.20 Å². The van der Waals surface area contributed by atoms with Crippen LogP contribution in [0.15, 0.2) is 17.0 Å². The number of rotatable bonds is 1. The van der Waals surface area contributed by atoms with Gasteiger partial charge in [-0.05, 0) is 15.9 Å². The van der Waals surface area contributed by atoms with Crippen molar-refractivity contribution in [3.63, 3.8) is 0 Å². The molecule has 2 aromatic heterocycles. The number of thiol groups is 1. The quantitative estimate of drug-likeness (QED) is 0.775. The lowest BCUT2D eigenvalue weighted by atomic mass is 10.3. The van der Waals surface area contributed by atoms with Crippen molar-refractivity contribution in [2.24, 2.45) is 0 Å². The summed E-state index contributed by atoms with van der Waals surface area (Å²) in [4.78, 5) is 18.8. The van der Waals surface area contributed by atoms with E-state index in [1.807, 2.05) is 0 Å². The molecule has 0 radical (unpaired) electrons. The van der Waals surface area contributed by atoms with Gasteiger partial charge in [-0.2, -0.15) is 0 Å². The van der Waals surface area contributed by atoms with Crippen molar-refractivity contribution >= 4 is 45.9 Å². The Labute approximate surface area is 92.5 Å². The summed E-state index contributed by atoms with van der Waals surface area (Å²) in [6.07, 6.45) is 2.85. The minimum atomic E-state index is -1.05. The molecular formula is C7H4BrN3O2S. The molecule has 0 fully saturated rings. The van der Waals surface area contributed by atoms with Crippen LogP contribution in [0.2, 0.25) is 0 Å². The molecule has 0 aliphatic heterocycles. The van der Waals surface area contributed by atoms with Crippen molar-refractivity contribution in [3.8, 4) is 0 Å². The molecule has 0 spiro atoms. The number of halogens is 1. The Balaban J connectivity index is 2.85. The zero-order valence-electron chi connectivity index (χ0n) is 6.68. The first-order valence-electron chi connectivity index (χ1n) is 3.55. The molecule has 2 rings (SSSR count). The fourth-order valence-electron chi connectivity index (χ4n) is 1.11. The van der Waals surface area contributed by atoms with E-state index in [4.69, 9.17) is 5.11 Å². The van der Waals surface area contributed by atoms with Crippen molar-refractivity contribution < 1.29 is 9.90 Å². The lowest BCUT2D eigenvalue weighted by Gasteiger charge is -1.93. The number of hydrogen-bond donors (Lipinski definition) is 2. The van der Waals surface area contributed by atoms with E-state index in [9.17, 15) is 4.79 Å². The molecule has 7 heteroatoms. The third kappa shape index (κ3) is 1.38. The summed E-state index contributed by atoms with van der Waals surface area (Å²) >= 11 is 7.16. The fraction of sp³-hybridized carbons (Fsp3) is 0. The van der Waals surface area contributed by atoms with E-state index in [-0.39, 0.29) is 5.56 Å². The first kappa shape index (κ1) is 9.47. The molecule has 5 nitrogen and oxygen atoms in total. The Hall–Kier alpha value is -1.08. The molecule has 0 aliphatic carbocycles. The van der Waals surface area contributed by atoms with E-state index < -0.39 is 5.97 Å². The van der Waals surface area contributed by atoms with Gasteiger partial charge in [0.15, 0.2) is 5.65 Å². The molecule has 72 valence electrons. The lowest BCUT2D eigenvalue weighted by molar-refractivity contribution is 0.0699. The highest BCUT2D eigenvalue weighted by Crippen LogP contribution is 2.20. The molecule has 0 saturated carbocycles. The molecule has 0 amide bonds. The van der Waals surface area contributed by atoms with Gasteiger partial charge in [-0.3, -0.25) is 3.97 Å². The molecule has 2 aromatic rings. The van der Waals surface area contributed by atoms with Crippen molar-refractivity contribution in [2.75, 3.05) is 0 Å². The monoisotopic (exact) mass is 273 g/mol. The third-order valence-corrected chi connectivity index (χ3v) is 2.36. The topological polar surface area (TPSA) is 68.0 Å². The summed E-state index contributed by atoms with van der Waals surface area (Å²) in [6.45, 7) is 0. The summed E-state index contributed by atoms with van der Waals surface area (Å²) in [5, 5.41) is 8.86. The minimum absolute atomic E-state index is 0.0869. The Morgan fingerprint density at radius 1 is 1.64 bits per heavy atom. The van der Waals surface area contributed by atoms with Gasteiger partial charge in [-0.1, -0.05) is 12.8 Å². The van der Waals surface area contributed by atoms with Crippen LogP contribution in [-0.2, 0) is 0 Å². The maximum Gasteiger partial charge on any atom is 0.339 e. The standard InChI is InChI=1S/C7H4BrN3O2S/c8-4-1-9-6-5(10-4)3(7(12)13)2-11(6)14/h1-2,14H,(H,12,13). The Bertz CT molecular complexity index is 525. The van der Waals surface area contributed by atoms with Crippen LogP contribution in [0, 0.1) is 0 Å². The summed E-state index contributed by atoms with van der Waals surface area (Å²) in [5.74, 6) is -1.05. The summed E-state index contributed by atoms with van der Waals surface area (Å²) in [5.41, 5.74) is 0.833. The van der Waals surface area contributed by atoms with Crippen LogP contribution in [0.5, 0.6) is 0 Å². The van der Waals surface area contributed by atoms with Gasteiger partial charge in [-0.15, -0.1) is 0 Å². The number of fused-ring (bicyclic) bond motifs is 1. The zero-order valence-corrected chi connectivity index (χ0v) is 9.16. The van der Waals surface area contributed by atoms with Crippen molar-refractivity contribution in [2.45, 2.75) is 0 Å². The predicted octanol–water partition coefficient (Wildman–Crippen LogP) is 1.58. The molecule has 0 atom stereocenters. The van der Waals surface area contributed by atoms with Crippen LogP contribution in [0.25, 0.3) is 11.2 Å². The predicted molar refractivity (Wildman–Crippen MR) is 56.6 cm³/mol. The van der Waals surface area contributed by atoms with E-state index in [2.05, 4.69) is 38.7 Å². The number of carbonyl (C=O) groups is 1. The second kappa shape index (κ2) is 3.25. The Kier molecular flexibility index (Phi) is 2.20. The van der Waals surface area contributed by atoms with Crippen LogP contribution >= 0.6 is 28.7 Å². The molecule has 0 aromatic carbocycles. The average molecular weight is 274 g/mol. The van der Waals surface area contributed by atoms with Gasteiger partial charge in [-0.25, -0.2) is 14.8 Å². The second-order valence-corrected chi connectivity index (χ2v) is 3.80. The van der Waals surface area contributed by atoms with Crippen molar-refractivity contribution in [1.82, 2.24) is 13.9 Å². The van der Waals surface area contributed by atoms with Crippen LogP contribution in [0.3, 0.4) is 0 Å². The smallest absolute Gasteiger partial charge is 0.339 e. The summed E-state index contributed by atoms with van der Waals surface area (Å²) < 4.78 is 1.82. The Morgan fingerprint density at radius 3 is 3.00 bits per heavy atom. The first-order valence-corrected chi connectivity index (χ1v) is 4.75. The lowest BCUT2D eigenvalue weighted by Crippen LogP contribution is -1.95. The number of aromatic nitrogens is 3. The van der Waals surface area contributed by atoms with Crippen molar-refractivity contribution in [3.05, 3.63) is 22.6 Å². The highest BCUT2D eigenvalue weighted by atomic mass is 79.9. The summed E-state index contributed by atoms with van der Waals surface area (Å²) in [7, 11) is 0. The number of carboxylic acid groups (broad SMARTS) is 1. The second-order valence-electron chi connectivity index (χ2n) is 2.56. The molecule has 2 heterocycles. The molecule has 1 N–H and O–H groups in total. The SMILES string of the molecule is O=C(O)c1cn(S)c2ncc(Br)nc12. The molecule has 0 bridgehead atoms. The van der Waals surface area contributed by atoms with Crippen LogP contribution in [-0.4, -0.2) is 25.0 Å². The van der Waals surface area contributed by atoms with E-state index in [1.165, 1.54) is 16.4 Å². The van der Waals surface area contributed by atoms with Gasteiger partial charge in [0.2, 0.25) is 0 Å². The minimum Gasteiger partial charge on any atom is -0.478 e. The molecule has 14 heavy (non-hydrogen) atoms. The van der Waals surface area contributed by atoms with E-state index in [1.54, 1.807) is 0 Å². The number of nitrogens with zero attached hydrogens (tertiary/aromatic N) is 3. The van der Waals surface area contributed by atoms with Gasteiger partial charge >= 0.3 is 5.97 Å². The summed E-state index contributed by atoms with van der Waals surface area (Å²) in [6, 6.07) is 0. The largest absolute Gasteiger partial charge is 0.478 e. The highest BCUT2D eigenvalue weighted by Gasteiger charge is 2.15. The van der Waals surface area contributed by atoms with E-state index in [0.29, 0.717) is 15.8 Å². The highest BCUT2D eigenvalue weighted by molar-refractivity contribution is 9.10. The van der Waals surface area contributed by atoms with Crippen LogP contribution < -0.4 is 0 Å². The van der Waals surface area contributed by atoms with Gasteiger partial charge in [0.25, 0.3) is 0 Å². The molecule has 0 unspecified atom stereocenters. The average Bonchev–Trinajstić information content (AvgIpc) is 2.43. The van der Waals surface area contributed by atoms with E-state index in [0.717, 1.165) is 0 Å². The van der Waals surface area contributed by atoms with Gasteiger partial charge in [0.1, 0.15) is 15.7 Å².